The van der Waals surface area contributed by atoms with E-state index in [1.807, 2.05) is 0 Å². The van der Waals surface area contributed by atoms with Crippen LogP contribution in [0.2, 0.25) is 0 Å². The first kappa shape index (κ1) is 22.5. The molecule has 0 saturated heterocycles. The first-order chi connectivity index (χ1) is 15.7. The van der Waals surface area contributed by atoms with Crippen molar-refractivity contribution in [1.82, 2.24) is 14.5 Å². The van der Waals surface area contributed by atoms with Crippen molar-refractivity contribution in [2.45, 2.75) is 6.04 Å². The molecular formula is C23H22FN3O5S. The number of ether oxygens (including phenoxy) is 2. The van der Waals surface area contributed by atoms with Crippen molar-refractivity contribution in [3.05, 3.63) is 76.6 Å². The molecular weight excluding hydrogens is 449 g/mol. The van der Waals surface area contributed by atoms with Crippen molar-refractivity contribution in [2.75, 3.05) is 26.2 Å². The van der Waals surface area contributed by atoms with Crippen LogP contribution in [0.15, 0.2) is 59.5 Å². The first-order valence-electron chi connectivity index (χ1n) is 9.97. The molecule has 0 spiro atoms. The number of nitrogens with zero attached hydrogens (tertiary/aromatic N) is 2. The molecule has 2 aromatic carbocycles. The lowest BCUT2D eigenvalue weighted by Crippen LogP contribution is -2.28. The lowest BCUT2D eigenvalue weighted by molar-refractivity contribution is 0.354. The zero-order valence-corrected chi connectivity index (χ0v) is 19.0. The normalized spacial score (nSPS) is 12.6. The molecule has 1 unspecified atom stereocenters. The molecule has 4 rings (SSSR count). The summed E-state index contributed by atoms with van der Waals surface area (Å²) in [6, 6.07) is 11.8. The van der Waals surface area contributed by atoms with Gasteiger partial charge in [-0.1, -0.05) is 24.3 Å². The van der Waals surface area contributed by atoms with Gasteiger partial charge in [0, 0.05) is 23.6 Å². The third kappa shape index (κ3) is 4.34. The summed E-state index contributed by atoms with van der Waals surface area (Å²) < 4.78 is 51.0. The lowest BCUT2D eigenvalue weighted by Gasteiger charge is -2.19. The monoisotopic (exact) mass is 471 g/mol. The van der Waals surface area contributed by atoms with Crippen LogP contribution in [-0.4, -0.2) is 49.2 Å². The number of benzene rings is 2. The number of methoxy groups -OCH3 is 2. The third-order valence-corrected chi connectivity index (χ3v) is 6.26. The van der Waals surface area contributed by atoms with Crippen molar-refractivity contribution in [3.8, 4) is 22.6 Å². The average Bonchev–Trinajstić information content (AvgIpc) is 3.12. The van der Waals surface area contributed by atoms with Crippen LogP contribution < -0.4 is 15.2 Å². The summed E-state index contributed by atoms with van der Waals surface area (Å²) in [4.78, 5) is 20.2. The summed E-state index contributed by atoms with van der Waals surface area (Å²) in [5.41, 5.74) is 1.21. The van der Waals surface area contributed by atoms with Crippen LogP contribution in [0.4, 0.5) is 4.39 Å². The standard InChI is InChI=1S/C23H22FN3O5S/c1-31-19-9-8-14(12-20(19)32-2)18(13-33(3,29)30)27-22-21(26-23(27)28)16(10-11-25-22)15-6-4-5-7-17(15)24/h4-12,18H,13H2,1-3H3,(H,26,28). The molecule has 0 fully saturated rings. The Morgan fingerprint density at radius 3 is 2.45 bits per heavy atom. The van der Waals surface area contributed by atoms with Crippen molar-refractivity contribution < 1.29 is 22.3 Å². The van der Waals surface area contributed by atoms with E-state index in [0.29, 0.717) is 33.7 Å². The maximum Gasteiger partial charge on any atom is 0.328 e. The number of H-pyrrole nitrogens is 1. The van der Waals surface area contributed by atoms with Gasteiger partial charge in [0.1, 0.15) is 15.7 Å². The minimum atomic E-state index is -3.52. The van der Waals surface area contributed by atoms with E-state index in [1.54, 1.807) is 42.5 Å². The second-order valence-corrected chi connectivity index (χ2v) is 9.74. The number of fused-ring (bicyclic) bond motifs is 1. The van der Waals surface area contributed by atoms with Gasteiger partial charge in [-0.05, 0) is 29.8 Å². The Morgan fingerprint density at radius 1 is 1.06 bits per heavy atom. The fourth-order valence-electron chi connectivity index (χ4n) is 3.88. The van der Waals surface area contributed by atoms with Gasteiger partial charge in [0.05, 0.1) is 31.5 Å². The van der Waals surface area contributed by atoms with Gasteiger partial charge < -0.3 is 14.5 Å². The van der Waals surface area contributed by atoms with Gasteiger partial charge in [-0.2, -0.15) is 0 Å². The number of rotatable bonds is 7. The number of aromatic nitrogens is 3. The highest BCUT2D eigenvalue weighted by molar-refractivity contribution is 7.90. The van der Waals surface area contributed by atoms with E-state index in [2.05, 4.69) is 9.97 Å². The molecule has 172 valence electrons. The van der Waals surface area contributed by atoms with Crippen molar-refractivity contribution in [2.24, 2.45) is 0 Å². The third-order valence-electron chi connectivity index (χ3n) is 5.34. The number of halogens is 1. The lowest BCUT2D eigenvalue weighted by atomic mass is 10.0. The molecule has 0 aliphatic carbocycles. The van der Waals surface area contributed by atoms with Crippen LogP contribution in [0.3, 0.4) is 0 Å². The second-order valence-electron chi connectivity index (χ2n) is 7.56. The van der Waals surface area contributed by atoms with Gasteiger partial charge in [0.2, 0.25) is 0 Å². The molecule has 10 heteroatoms. The minimum absolute atomic E-state index is 0.212. The molecule has 0 aliphatic heterocycles. The van der Waals surface area contributed by atoms with E-state index < -0.39 is 27.4 Å². The second kappa shape index (κ2) is 8.70. The van der Waals surface area contributed by atoms with Gasteiger partial charge >= 0.3 is 5.69 Å². The van der Waals surface area contributed by atoms with Gasteiger partial charge in [-0.15, -0.1) is 0 Å². The molecule has 1 atom stereocenters. The summed E-state index contributed by atoms with van der Waals surface area (Å²) >= 11 is 0. The fourth-order valence-corrected chi connectivity index (χ4v) is 4.79. The number of hydrogen-bond acceptors (Lipinski definition) is 6. The molecule has 1 N–H and O–H groups in total. The van der Waals surface area contributed by atoms with Crippen molar-refractivity contribution >= 4 is 21.0 Å². The van der Waals surface area contributed by atoms with Gasteiger partial charge in [0.25, 0.3) is 0 Å². The highest BCUT2D eigenvalue weighted by atomic mass is 32.2. The Morgan fingerprint density at radius 2 is 1.79 bits per heavy atom. The smallest absolute Gasteiger partial charge is 0.328 e. The summed E-state index contributed by atoms with van der Waals surface area (Å²) in [6.07, 6.45) is 2.55. The summed E-state index contributed by atoms with van der Waals surface area (Å²) in [6.45, 7) is 0. The number of sulfone groups is 1. The topological polar surface area (TPSA) is 103 Å². The Hall–Kier alpha value is -3.66. The minimum Gasteiger partial charge on any atom is -0.493 e. The van der Waals surface area contributed by atoms with Crippen LogP contribution >= 0.6 is 0 Å². The molecule has 8 nitrogen and oxygen atoms in total. The Kier molecular flexibility index (Phi) is 5.94. The van der Waals surface area contributed by atoms with Crippen LogP contribution in [0.1, 0.15) is 11.6 Å². The largest absolute Gasteiger partial charge is 0.493 e. The van der Waals surface area contributed by atoms with Crippen LogP contribution in [-0.2, 0) is 9.84 Å². The molecule has 0 radical (unpaired) electrons. The summed E-state index contributed by atoms with van der Waals surface area (Å²) in [7, 11) is -0.565. The van der Waals surface area contributed by atoms with E-state index in [4.69, 9.17) is 9.47 Å². The zero-order valence-electron chi connectivity index (χ0n) is 18.2. The Bertz CT molecular complexity index is 1490. The van der Waals surface area contributed by atoms with E-state index in [0.717, 1.165) is 6.26 Å². The molecule has 0 bridgehead atoms. The zero-order chi connectivity index (χ0) is 23.8. The van der Waals surface area contributed by atoms with Crippen molar-refractivity contribution in [3.63, 3.8) is 0 Å². The number of aromatic amines is 1. The number of nitrogens with one attached hydrogen (secondary N) is 1. The van der Waals surface area contributed by atoms with Crippen LogP contribution in [0, 0.1) is 5.82 Å². The molecule has 2 heterocycles. The quantitative estimate of drug-likeness (QED) is 0.444. The van der Waals surface area contributed by atoms with Gasteiger partial charge in [0.15, 0.2) is 17.1 Å². The van der Waals surface area contributed by atoms with E-state index >= 15 is 0 Å². The average molecular weight is 472 g/mol. The van der Waals surface area contributed by atoms with Crippen LogP contribution in [0.25, 0.3) is 22.3 Å². The van der Waals surface area contributed by atoms with E-state index in [-0.39, 0.29) is 11.4 Å². The van der Waals surface area contributed by atoms with Crippen LogP contribution in [0.5, 0.6) is 11.5 Å². The summed E-state index contributed by atoms with van der Waals surface area (Å²) in [5, 5.41) is 0. The van der Waals surface area contributed by atoms with Crippen molar-refractivity contribution in [1.29, 1.82) is 0 Å². The predicted molar refractivity (Wildman–Crippen MR) is 123 cm³/mol. The Balaban J connectivity index is 1.97. The predicted octanol–water partition coefficient (Wildman–Crippen LogP) is 3.18. The molecule has 2 aromatic heterocycles. The molecule has 0 saturated carbocycles. The Labute approximate surface area is 189 Å². The molecule has 0 aliphatic rings. The fraction of sp³-hybridized carbons (Fsp3) is 0.217. The molecule has 0 amide bonds. The maximum atomic E-state index is 14.5. The molecule has 4 aromatic rings. The molecule has 33 heavy (non-hydrogen) atoms. The van der Waals surface area contributed by atoms with Gasteiger partial charge in [-0.25, -0.2) is 22.6 Å². The van der Waals surface area contributed by atoms with E-state index in [1.165, 1.54) is 31.0 Å². The number of pyridine rings is 1. The van der Waals surface area contributed by atoms with E-state index in [9.17, 15) is 17.6 Å². The SMILES string of the molecule is COc1ccc(C(CS(C)(=O)=O)n2c(=O)[nH]c3c(-c4ccccc4F)ccnc32)cc1OC. The highest BCUT2D eigenvalue weighted by Gasteiger charge is 2.26. The summed E-state index contributed by atoms with van der Waals surface area (Å²) in [5.74, 6) is 0.0409. The highest BCUT2D eigenvalue weighted by Crippen LogP contribution is 2.34. The number of hydrogen-bond donors (Lipinski definition) is 1. The van der Waals surface area contributed by atoms with Gasteiger partial charge in [-0.3, -0.25) is 4.57 Å². The first-order valence-corrected chi connectivity index (χ1v) is 12.0. The number of imidazole rings is 1. The maximum absolute atomic E-state index is 14.5.